The van der Waals surface area contributed by atoms with E-state index in [1.54, 1.807) is 28.0 Å². The van der Waals surface area contributed by atoms with E-state index in [0.717, 1.165) is 20.8 Å². The molecule has 1 aromatic carbocycles. The number of ether oxygens (including phenoxy) is 1. The largest absolute Gasteiger partial charge is 0.493 e. The van der Waals surface area contributed by atoms with Gasteiger partial charge in [0.1, 0.15) is 11.6 Å². The molecule has 3 aromatic heterocycles. The molecule has 0 aliphatic carbocycles. The fourth-order valence-electron chi connectivity index (χ4n) is 3.44. The Labute approximate surface area is 185 Å². The molecule has 0 saturated heterocycles. The molecular weight excluding hydrogens is 413 g/mol. The van der Waals surface area contributed by atoms with Gasteiger partial charge in [-0.05, 0) is 37.3 Å². The minimum absolute atomic E-state index is 0.233. The van der Waals surface area contributed by atoms with Crippen molar-refractivity contribution in [2.24, 2.45) is 0 Å². The van der Waals surface area contributed by atoms with Crippen molar-refractivity contribution in [3.8, 4) is 17.1 Å². The van der Waals surface area contributed by atoms with Crippen molar-refractivity contribution in [2.75, 3.05) is 25.6 Å². The van der Waals surface area contributed by atoms with Crippen LogP contribution in [0.5, 0.6) is 5.75 Å². The molecule has 0 amide bonds. The standard InChI is InChI=1S/C23H26FN5OS/c1-7-30-17-10-8-9-16(24)19(17)22-26-25-21-15(20(23(2,3)4)27-29(21)22)13-14-11-12-18(31-14)28(5)6/h8-13H,7H2,1-6H3/b15-13-. The summed E-state index contributed by atoms with van der Waals surface area (Å²) in [5.74, 6) is 0.346. The highest BCUT2D eigenvalue weighted by molar-refractivity contribution is 7.16. The van der Waals surface area contributed by atoms with Crippen LogP contribution in [0.25, 0.3) is 23.1 Å². The quantitative estimate of drug-likeness (QED) is 0.464. The van der Waals surface area contributed by atoms with Crippen LogP contribution in [0.15, 0.2) is 30.3 Å². The highest BCUT2D eigenvalue weighted by Gasteiger charge is 2.26. The number of aromatic nitrogens is 4. The fraction of sp³-hybridized carbons (Fsp3) is 0.348. The van der Waals surface area contributed by atoms with Gasteiger partial charge in [-0.15, -0.1) is 21.5 Å². The van der Waals surface area contributed by atoms with Gasteiger partial charge in [-0.1, -0.05) is 26.8 Å². The Hall–Kier alpha value is -3.00. The van der Waals surface area contributed by atoms with E-state index < -0.39 is 5.82 Å². The summed E-state index contributed by atoms with van der Waals surface area (Å²) in [4.78, 5) is 3.17. The lowest BCUT2D eigenvalue weighted by atomic mass is 9.91. The number of nitrogens with zero attached hydrogens (tertiary/aromatic N) is 5. The molecule has 0 radical (unpaired) electrons. The van der Waals surface area contributed by atoms with Gasteiger partial charge in [0.05, 0.1) is 22.9 Å². The Kier molecular flexibility index (Phi) is 5.43. The minimum Gasteiger partial charge on any atom is -0.493 e. The van der Waals surface area contributed by atoms with Gasteiger partial charge in [0, 0.05) is 29.6 Å². The molecule has 31 heavy (non-hydrogen) atoms. The SMILES string of the molecule is CCOc1cccc(F)c1-c1nnc2/c(=C\c3ccc(N(C)C)s3)c(C(C)(C)C)nn12. The van der Waals surface area contributed by atoms with Crippen LogP contribution in [0.2, 0.25) is 0 Å². The summed E-state index contributed by atoms with van der Waals surface area (Å²) in [5, 5.41) is 15.6. The Morgan fingerprint density at radius 2 is 1.94 bits per heavy atom. The zero-order valence-corrected chi connectivity index (χ0v) is 19.4. The Bertz CT molecular complexity index is 1290. The molecule has 0 unspecified atom stereocenters. The number of rotatable bonds is 5. The number of anilines is 1. The van der Waals surface area contributed by atoms with Gasteiger partial charge in [0.25, 0.3) is 0 Å². The first kappa shape index (κ1) is 21.2. The maximum Gasteiger partial charge on any atom is 0.192 e. The minimum atomic E-state index is -0.417. The van der Waals surface area contributed by atoms with E-state index in [1.165, 1.54) is 6.07 Å². The number of halogens is 1. The molecule has 4 rings (SSSR count). The van der Waals surface area contributed by atoms with Gasteiger partial charge >= 0.3 is 0 Å². The normalized spacial score (nSPS) is 12.7. The molecule has 0 N–H and O–H groups in total. The monoisotopic (exact) mass is 439 g/mol. The molecule has 6 nitrogen and oxygen atoms in total. The van der Waals surface area contributed by atoms with E-state index in [-0.39, 0.29) is 11.0 Å². The van der Waals surface area contributed by atoms with Gasteiger partial charge in [-0.3, -0.25) is 0 Å². The molecule has 0 bridgehead atoms. The highest BCUT2D eigenvalue weighted by Crippen LogP contribution is 2.32. The van der Waals surface area contributed by atoms with E-state index in [0.29, 0.717) is 23.8 Å². The van der Waals surface area contributed by atoms with E-state index in [9.17, 15) is 4.39 Å². The molecule has 162 valence electrons. The van der Waals surface area contributed by atoms with Crippen LogP contribution in [0, 0.1) is 5.82 Å². The summed E-state index contributed by atoms with van der Waals surface area (Å²) in [6, 6.07) is 8.92. The Balaban J connectivity index is 1.98. The molecule has 0 saturated carbocycles. The molecule has 0 fully saturated rings. The average Bonchev–Trinajstić information content (AvgIpc) is 3.39. The summed E-state index contributed by atoms with van der Waals surface area (Å²) in [6.07, 6.45) is 2.09. The number of thiophene rings is 1. The van der Waals surface area contributed by atoms with E-state index in [1.807, 2.05) is 21.0 Å². The first-order valence-electron chi connectivity index (χ1n) is 10.2. The molecule has 8 heteroatoms. The van der Waals surface area contributed by atoms with E-state index >= 15 is 0 Å². The van der Waals surface area contributed by atoms with E-state index in [2.05, 4.69) is 54.1 Å². The molecule has 0 spiro atoms. The number of benzene rings is 1. The summed E-state index contributed by atoms with van der Waals surface area (Å²) >= 11 is 1.69. The number of fused-ring (bicyclic) bond motifs is 1. The topological polar surface area (TPSA) is 55.6 Å². The predicted molar refractivity (Wildman–Crippen MR) is 123 cm³/mol. The third-order valence-corrected chi connectivity index (χ3v) is 6.09. The summed E-state index contributed by atoms with van der Waals surface area (Å²) in [5.41, 5.74) is 1.52. The lowest BCUT2D eigenvalue weighted by Gasteiger charge is -2.15. The van der Waals surface area contributed by atoms with Crippen molar-refractivity contribution in [3.05, 3.63) is 51.9 Å². The predicted octanol–water partition coefficient (Wildman–Crippen LogP) is 4.30. The zero-order chi connectivity index (χ0) is 22.3. The first-order valence-corrected chi connectivity index (χ1v) is 11.0. The molecule has 3 heterocycles. The second-order valence-corrected chi connectivity index (χ2v) is 9.63. The summed E-state index contributed by atoms with van der Waals surface area (Å²) < 4.78 is 22.1. The first-order chi connectivity index (χ1) is 14.7. The molecule has 0 atom stereocenters. The second kappa shape index (κ2) is 7.92. The molecule has 4 aromatic rings. The van der Waals surface area contributed by atoms with Crippen molar-refractivity contribution in [1.29, 1.82) is 0 Å². The van der Waals surface area contributed by atoms with Crippen LogP contribution in [0.1, 0.15) is 38.3 Å². The van der Waals surface area contributed by atoms with Crippen molar-refractivity contribution >= 4 is 28.1 Å². The van der Waals surface area contributed by atoms with Crippen LogP contribution >= 0.6 is 11.3 Å². The Morgan fingerprint density at radius 3 is 2.58 bits per heavy atom. The van der Waals surface area contributed by atoms with Crippen LogP contribution in [-0.4, -0.2) is 40.5 Å². The zero-order valence-electron chi connectivity index (χ0n) is 18.6. The average molecular weight is 440 g/mol. The number of hydrogen-bond donors (Lipinski definition) is 0. The van der Waals surface area contributed by atoms with Crippen molar-refractivity contribution in [2.45, 2.75) is 33.1 Å². The molecule has 0 aliphatic heterocycles. The van der Waals surface area contributed by atoms with Gasteiger partial charge in [0.15, 0.2) is 11.5 Å². The molecular formula is C23H26FN5OS. The third-order valence-electron chi connectivity index (χ3n) is 4.89. The van der Waals surface area contributed by atoms with Gasteiger partial charge in [-0.2, -0.15) is 9.61 Å². The summed E-state index contributed by atoms with van der Waals surface area (Å²) in [6.45, 7) is 8.60. The van der Waals surface area contributed by atoms with Crippen molar-refractivity contribution in [3.63, 3.8) is 0 Å². The Morgan fingerprint density at radius 1 is 1.16 bits per heavy atom. The third kappa shape index (κ3) is 3.87. The molecule has 0 aliphatic rings. The van der Waals surface area contributed by atoms with Crippen LogP contribution in [0.3, 0.4) is 0 Å². The van der Waals surface area contributed by atoms with Gasteiger partial charge < -0.3 is 9.64 Å². The summed E-state index contributed by atoms with van der Waals surface area (Å²) in [7, 11) is 4.04. The highest BCUT2D eigenvalue weighted by atomic mass is 32.1. The van der Waals surface area contributed by atoms with Crippen LogP contribution in [-0.2, 0) is 5.41 Å². The lowest BCUT2D eigenvalue weighted by Crippen LogP contribution is -2.22. The van der Waals surface area contributed by atoms with Crippen LogP contribution < -0.4 is 14.9 Å². The maximum absolute atomic E-state index is 14.8. The van der Waals surface area contributed by atoms with Gasteiger partial charge in [0.2, 0.25) is 0 Å². The number of hydrogen-bond acceptors (Lipinski definition) is 6. The lowest BCUT2D eigenvalue weighted by molar-refractivity contribution is 0.339. The second-order valence-electron chi connectivity index (χ2n) is 8.53. The van der Waals surface area contributed by atoms with E-state index in [4.69, 9.17) is 9.84 Å². The smallest absolute Gasteiger partial charge is 0.192 e. The fourth-order valence-corrected chi connectivity index (χ4v) is 4.32. The van der Waals surface area contributed by atoms with Crippen molar-refractivity contribution < 1.29 is 9.13 Å². The van der Waals surface area contributed by atoms with Crippen molar-refractivity contribution in [1.82, 2.24) is 19.8 Å². The van der Waals surface area contributed by atoms with Gasteiger partial charge in [-0.25, -0.2) is 4.39 Å². The van der Waals surface area contributed by atoms with Crippen LogP contribution in [0.4, 0.5) is 9.39 Å². The maximum atomic E-state index is 14.8.